The van der Waals surface area contributed by atoms with Crippen molar-refractivity contribution in [2.24, 2.45) is 0 Å². The van der Waals surface area contributed by atoms with Crippen molar-refractivity contribution in [3.05, 3.63) is 45.1 Å². The van der Waals surface area contributed by atoms with Crippen molar-refractivity contribution in [2.75, 3.05) is 23.3 Å². The topological polar surface area (TPSA) is 32.3 Å². The number of hydrogen-bond donors (Lipinski definition) is 1. The van der Waals surface area contributed by atoms with Gasteiger partial charge in [0.2, 0.25) is 0 Å². The second-order valence-corrected chi connectivity index (χ2v) is 6.89. The number of rotatable bonds is 3. The van der Waals surface area contributed by atoms with Crippen LogP contribution in [0.2, 0.25) is 0 Å². The molecule has 3 nitrogen and oxygen atoms in total. The second-order valence-electron chi connectivity index (χ2n) is 5.12. The Morgan fingerprint density at radius 3 is 2.62 bits per heavy atom. The maximum Gasteiger partial charge on any atom is 0.266 e. The van der Waals surface area contributed by atoms with Crippen LogP contribution in [0.3, 0.4) is 0 Å². The normalized spacial score (nSPS) is 15.0. The van der Waals surface area contributed by atoms with Gasteiger partial charge in [-0.1, -0.05) is 12.1 Å². The predicted octanol–water partition coefficient (Wildman–Crippen LogP) is 4.75. The van der Waals surface area contributed by atoms with Crippen molar-refractivity contribution in [3.63, 3.8) is 0 Å². The highest BCUT2D eigenvalue weighted by Crippen LogP contribution is 2.30. The molecule has 2 aromatic rings. The Hall–Kier alpha value is -1.33. The fourth-order valence-electron chi connectivity index (χ4n) is 2.62. The summed E-state index contributed by atoms with van der Waals surface area (Å²) in [7, 11) is 0. The number of benzene rings is 1. The van der Waals surface area contributed by atoms with Crippen LogP contribution in [0.25, 0.3) is 0 Å². The fourth-order valence-corrected chi connectivity index (χ4v) is 4.07. The van der Waals surface area contributed by atoms with Crippen LogP contribution in [0.15, 0.2) is 40.2 Å². The maximum atomic E-state index is 12.4. The molecule has 1 aromatic carbocycles. The smallest absolute Gasteiger partial charge is 0.266 e. The van der Waals surface area contributed by atoms with Crippen LogP contribution in [-0.4, -0.2) is 19.0 Å². The first-order chi connectivity index (χ1) is 10.3. The molecule has 0 radical (unpaired) electrons. The number of para-hydroxylation sites is 2. The third-order valence-electron chi connectivity index (χ3n) is 3.67. The molecule has 1 amide bonds. The summed E-state index contributed by atoms with van der Waals surface area (Å²) < 4.78 is 0.848. The van der Waals surface area contributed by atoms with Gasteiger partial charge >= 0.3 is 0 Å². The van der Waals surface area contributed by atoms with Gasteiger partial charge in [-0.2, -0.15) is 0 Å². The molecule has 2 heterocycles. The molecule has 0 unspecified atom stereocenters. The van der Waals surface area contributed by atoms with Gasteiger partial charge in [0.15, 0.2) is 0 Å². The minimum atomic E-state index is -0.0543. The summed E-state index contributed by atoms with van der Waals surface area (Å²) in [5.41, 5.74) is 2.02. The SMILES string of the molecule is O=C(Nc1ccccc1N1CCCCC1)c1sccc1Br. The van der Waals surface area contributed by atoms with Gasteiger partial charge in [0, 0.05) is 17.6 Å². The van der Waals surface area contributed by atoms with Gasteiger partial charge in [-0.05, 0) is 58.8 Å². The number of anilines is 2. The third-order valence-corrected chi connectivity index (χ3v) is 5.51. The molecule has 0 bridgehead atoms. The molecule has 0 atom stereocenters. The predicted molar refractivity (Wildman–Crippen MR) is 92.5 cm³/mol. The van der Waals surface area contributed by atoms with E-state index in [2.05, 4.69) is 32.2 Å². The van der Waals surface area contributed by atoms with Crippen LogP contribution >= 0.6 is 27.3 Å². The van der Waals surface area contributed by atoms with Gasteiger partial charge < -0.3 is 10.2 Å². The number of halogens is 1. The molecule has 0 aliphatic carbocycles. The average molecular weight is 365 g/mol. The first-order valence-electron chi connectivity index (χ1n) is 7.14. The quantitative estimate of drug-likeness (QED) is 0.851. The number of nitrogens with zero attached hydrogens (tertiary/aromatic N) is 1. The minimum Gasteiger partial charge on any atom is -0.370 e. The van der Waals surface area contributed by atoms with Crippen molar-refractivity contribution in [1.29, 1.82) is 0 Å². The zero-order chi connectivity index (χ0) is 14.7. The highest BCUT2D eigenvalue weighted by Gasteiger charge is 2.17. The lowest BCUT2D eigenvalue weighted by Gasteiger charge is -2.30. The van der Waals surface area contributed by atoms with Crippen LogP contribution in [0.5, 0.6) is 0 Å². The number of nitrogens with one attached hydrogen (secondary N) is 1. The summed E-state index contributed by atoms with van der Waals surface area (Å²) in [6.07, 6.45) is 3.74. The van der Waals surface area contributed by atoms with E-state index in [9.17, 15) is 4.79 Å². The summed E-state index contributed by atoms with van der Waals surface area (Å²) in [4.78, 5) is 15.5. The van der Waals surface area contributed by atoms with Crippen LogP contribution in [0, 0.1) is 0 Å². The summed E-state index contributed by atoms with van der Waals surface area (Å²) in [5.74, 6) is -0.0543. The molecule has 5 heteroatoms. The van der Waals surface area contributed by atoms with Gasteiger partial charge in [-0.25, -0.2) is 0 Å². The lowest BCUT2D eigenvalue weighted by molar-refractivity contribution is 0.103. The molecule has 1 aliphatic rings. The van der Waals surface area contributed by atoms with Gasteiger partial charge in [0.1, 0.15) is 4.88 Å². The van der Waals surface area contributed by atoms with Gasteiger partial charge in [0.25, 0.3) is 5.91 Å². The van der Waals surface area contributed by atoms with Crippen molar-refractivity contribution in [1.82, 2.24) is 0 Å². The van der Waals surface area contributed by atoms with E-state index in [-0.39, 0.29) is 5.91 Å². The Bertz CT molecular complexity index is 635. The average Bonchev–Trinajstić information content (AvgIpc) is 2.95. The molecule has 1 saturated heterocycles. The zero-order valence-electron chi connectivity index (χ0n) is 11.6. The van der Waals surface area contributed by atoms with Crippen molar-refractivity contribution in [3.8, 4) is 0 Å². The standard InChI is InChI=1S/C16H17BrN2OS/c17-12-8-11-21-15(12)16(20)18-13-6-2-3-7-14(13)19-9-4-1-5-10-19/h2-3,6-8,11H,1,4-5,9-10H2,(H,18,20). The van der Waals surface area contributed by atoms with Gasteiger partial charge in [-0.15, -0.1) is 11.3 Å². The van der Waals surface area contributed by atoms with Crippen molar-refractivity contribution >= 4 is 44.5 Å². The lowest BCUT2D eigenvalue weighted by atomic mass is 10.1. The monoisotopic (exact) mass is 364 g/mol. The Balaban J connectivity index is 1.82. The Morgan fingerprint density at radius 1 is 1.14 bits per heavy atom. The molecule has 110 valence electrons. The fraction of sp³-hybridized carbons (Fsp3) is 0.312. The summed E-state index contributed by atoms with van der Waals surface area (Å²) in [6.45, 7) is 2.13. The molecule has 1 N–H and O–H groups in total. The van der Waals surface area contributed by atoms with E-state index in [1.54, 1.807) is 0 Å². The van der Waals surface area contributed by atoms with Crippen LogP contribution in [0.1, 0.15) is 28.9 Å². The van der Waals surface area contributed by atoms with Crippen LogP contribution in [0.4, 0.5) is 11.4 Å². The third kappa shape index (κ3) is 3.30. The molecule has 0 saturated carbocycles. The first kappa shape index (κ1) is 14.6. The summed E-state index contributed by atoms with van der Waals surface area (Å²) in [6, 6.07) is 9.96. The first-order valence-corrected chi connectivity index (χ1v) is 8.81. The molecule has 0 spiro atoms. The van der Waals surface area contributed by atoms with Gasteiger partial charge in [0.05, 0.1) is 11.4 Å². The number of piperidine rings is 1. The molecule has 1 aromatic heterocycles. The molecular weight excluding hydrogens is 348 g/mol. The van der Waals surface area contributed by atoms with E-state index in [1.807, 2.05) is 29.6 Å². The zero-order valence-corrected chi connectivity index (χ0v) is 14.0. The number of amides is 1. The Kier molecular flexibility index (Phi) is 4.60. The minimum absolute atomic E-state index is 0.0543. The second kappa shape index (κ2) is 6.62. The van der Waals surface area contributed by atoms with E-state index in [4.69, 9.17) is 0 Å². The lowest BCUT2D eigenvalue weighted by Crippen LogP contribution is -2.30. The number of carbonyl (C=O) groups is 1. The summed E-state index contributed by atoms with van der Waals surface area (Å²) in [5, 5.41) is 4.96. The van der Waals surface area contributed by atoms with Crippen LogP contribution < -0.4 is 10.2 Å². The number of hydrogen-bond acceptors (Lipinski definition) is 3. The number of carbonyl (C=O) groups excluding carboxylic acids is 1. The van der Waals surface area contributed by atoms with E-state index in [1.165, 1.54) is 30.6 Å². The summed E-state index contributed by atoms with van der Waals surface area (Å²) >= 11 is 4.86. The van der Waals surface area contributed by atoms with Crippen molar-refractivity contribution in [2.45, 2.75) is 19.3 Å². The largest absolute Gasteiger partial charge is 0.370 e. The van der Waals surface area contributed by atoms with E-state index < -0.39 is 0 Å². The van der Waals surface area contributed by atoms with E-state index in [0.717, 1.165) is 28.9 Å². The van der Waals surface area contributed by atoms with Gasteiger partial charge in [-0.3, -0.25) is 4.79 Å². The molecular formula is C16H17BrN2OS. The van der Waals surface area contributed by atoms with Crippen LogP contribution in [-0.2, 0) is 0 Å². The Morgan fingerprint density at radius 2 is 1.90 bits per heavy atom. The van der Waals surface area contributed by atoms with Crippen molar-refractivity contribution < 1.29 is 4.79 Å². The molecule has 1 aliphatic heterocycles. The highest BCUT2D eigenvalue weighted by atomic mass is 79.9. The van der Waals surface area contributed by atoms with E-state index in [0.29, 0.717) is 4.88 Å². The molecule has 3 rings (SSSR count). The number of thiophene rings is 1. The highest BCUT2D eigenvalue weighted by molar-refractivity contribution is 9.10. The molecule has 21 heavy (non-hydrogen) atoms. The Labute approximate surface area is 137 Å². The van der Waals surface area contributed by atoms with E-state index >= 15 is 0 Å². The maximum absolute atomic E-state index is 12.4. The molecule has 1 fully saturated rings.